The summed E-state index contributed by atoms with van der Waals surface area (Å²) in [5.74, 6) is -0.0956. The summed E-state index contributed by atoms with van der Waals surface area (Å²) in [7, 11) is 0. The Hall–Kier alpha value is -3.93. The number of aryl methyl sites for hydroxylation is 2. The molecule has 6 heteroatoms. The van der Waals surface area contributed by atoms with Gasteiger partial charge in [0.25, 0.3) is 5.56 Å². The number of carbonyl (C=O) groups excluding carboxylic acids is 1. The molecule has 0 saturated heterocycles. The molecule has 0 aliphatic carbocycles. The lowest BCUT2D eigenvalue weighted by molar-refractivity contribution is 0.0462. The maximum atomic E-state index is 12.7. The first-order valence-corrected chi connectivity index (χ1v) is 9.93. The fourth-order valence-corrected chi connectivity index (χ4v) is 3.27. The molecule has 4 rings (SSSR count). The van der Waals surface area contributed by atoms with E-state index in [1.807, 2.05) is 44.2 Å². The zero-order valence-electron chi connectivity index (χ0n) is 17.4. The lowest BCUT2D eigenvalue weighted by Gasteiger charge is -2.12. The van der Waals surface area contributed by atoms with Gasteiger partial charge in [0.1, 0.15) is 30.2 Å². The van der Waals surface area contributed by atoms with Crippen LogP contribution in [-0.4, -0.2) is 15.4 Å². The molecule has 0 spiro atoms. The van der Waals surface area contributed by atoms with E-state index in [-0.39, 0.29) is 12.2 Å². The number of rotatable bonds is 6. The van der Waals surface area contributed by atoms with E-state index in [4.69, 9.17) is 9.47 Å². The largest absolute Gasteiger partial charge is 0.488 e. The number of pyridine rings is 1. The Morgan fingerprint density at radius 1 is 0.935 bits per heavy atom. The van der Waals surface area contributed by atoms with E-state index >= 15 is 0 Å². The third-order valence-electron chi connectivity index (χ3n) is 4.80. The Morgan fingerprint density at radius 3 is 2.61 bits per heavy atom. The monoisotopic (exact) mass is 414 g/mol. The van der Waals surface area contributed by atoms with Crippen LogP contribution in [0.15, 0.2) is 77.7 Å². The molecule has 156 valence electrons. The van der Waals surface area contributed by atoms with Crippen LogP contribution in [0.3, 0.4) is 0 Å². The molecular formula is C25H22N2O4. The number of esters is 1. The smallest absolute Gasteiger partial charge is 0.342 e. The molecule has 2 aromatic carbocycles. The molecule has 0 fully saturated rings. The highest BCUT2D eigenvalue weighted by Crippen LogP contribution is 2.21. The molecule has 0 N–H and O–H groups in total. The number of ether oxygens (including phenoxy) is 2. The van der Waals surface area contributed by atoms with Crippen molar-refractivity contribution < 1.29 is 14.3 Å². The van der Waals surface area contributed by atoms with Gasteiger partial charge in [-0.2, -0.15) is 0 Å². The van der Waals surface area contributed by atoms with E-state index in [0.29, 0.717) is 29.3 Å². The highest BCUT2D eigenvalue weighted by Gasteiger charge is 2.15. The molecular weight excluding hydrogens is 392 g/mol. The van der Waals surface area contributed by atoms with Gasteiger partial charge in [-0.25, -0.2) is 9.78 Å². The van der Waals surface area contributed by atoms with Gasteiger partial charge in [0.2, 0.25) is 0 Å². The van der Waals surface area contributed by atoms with Crippen LogP contribution in [-0.2, 0) is 18.0 Å². The number of aromatic nitrogens is 2. The van der Waals surface area contributed by atoms with Crippen LogP contribution < -0.4 is 10.3 Å². The molecule has 31 heavy (non-hydrogen) atoms. The SMILES string of the molecule is Cc1cccc(COc2ccccc2C(=O)OCc2cc(=O)n3cc(C)ccc3n2)c1. The van der Waals surface area contributed by atoms with Crippen LogP contribution in [0.2, 0.25) is 0 Å². The molecule has 0 atom stereocenters. The second kappa shape index (κ2) is 8.83. The summed E-state index contributed by atoms with van der Waals surface area (Å²) in [6, 6.07) is 19.9. The molecule has 0 radical (unpaired) electrons. The zero-order chi connectivity index (χ0) is 21.8. The molecule has 0 amide bonds. The van der Waals surface area contributed by atoms with Gasteiger partial charge in [-0.1, -0.05) is 48.0 Å². The van der Waals surface area contributed by atoms with Crippen LogP contribution >= 0.6 is 0 Å². The minimum atomic E-state index is -0.536. The Morgan fingerprint density at radius 2 is 1.77 bits per heavy atom. The van der Waals surface area contributed by atoms with E-state index < -0.39 is 5.97 Å². The number of carbonyl (C=O) groups is 1. The molecule has 0 unspecified atom stereocenters. The summed E-state index contributed by atoms with van der Waals surface area (Å²) in [5, 5.41) is 0. The minimum absolute atomic E-state index is 0.106. The predicted molar refractivity (Wildman–Crippen MR) is 117 cm³/mol. The lowest BCUT2D eigenvalue weighted by atomic mass is 10.1. The Kier molecular flexibility index (Phi) is 5.80. The molecule has 0 saturated carbocycles. The summed E-state index contributed by atoms with van der Waals surface area (Å²) in [4.78, 5) is 29.4. The summed E-state index contributed by atoms with van der Waals surface area (Å²) < 4.78 is 12.8. The number of fused-ring (bicyclic) bond motifs is 1. The fourth-order valence-electron chi connectivity index (χ4n) is 3.27. The molecule has 0 aliphatic rings. The number of hydrogen-bond acceptors (Lipinski definition) is 5. The highest BCUT2D eigenvalue weighted by atomic mass is 16.5. The van der Waals surface area contributed by atoms with Crippen LogP contribution in [0.4, 0.5) is 0 Å². The molecule has 2 heterocycles. The van der Waals surface area contributed by atoms with Gasteiger partial charge in [-0.15, -0.1) is 0 Å². The average Bonchev–Trinajstić information content (AvgIpc) is 2.77. The first kappa shape index (κ1) is 20.3. The van der Waals surface area contributed by atoms with Crippen LogP contribution in [0.25, 0.3) is 5.65 Å². The number of para-hydroxylation sites is 1. The normalized spacial score (nSPS) is 10.8. The summed E-state index contributed by atoms with van der Waals surface area (Å²) in [6.07, 6.45) is 1.72. The van der Waals surface area contributed by atoms with Crippen molar-refractivity contribution in [1.82, 2.24) is 9.38 Å². The summed E-state index contributed by atoms with van der Waals surface area (Å²) >= 11 is 0. The standard InChI is InChI=1S/C25H22N2O4/c1-17-6-5-7-19(12-17)15-30-22-9-4-3-8-21(22)25(29)31-16-20-13-24(28)27-14-18(2)10-11-23(27)26-20/h3-14H,15-16H2,1-2H3. The Bertz CT molecular complexity index is 1310. The third-order valence-corrected chi connectivity index (χ3v) is 4.80. The average molecular weight is 414 g/mol. The van der Waals surface area contributed by atoms with E-state index in [0.717, 1.165) is 16.7 Å². The topological polar surface area (TPSA) is 69.9 Å². The van der Waals surface area contributed by atoms with Gasteiger partial charge < -0.3 is 9.47 Å². The van der Waals surface area contributed by atoms with Crippen LogP contribution in [0.5, 0.6) is 5.75 Å². The first-order chi connectivity index (χ1) is 15.0. The molecule has 6 nitrogen and oxygen atoms in total. The first-order valence-electron chi connectivity index (χ1n) is 9.93. The number of benzene rings is 2. The van der Waals surface area contributed by atoms with Crippen molar-refractivity contribution in [2.75, 3.05) is 0 Å². The van der Waals surface area contributed by atoms with E-state index in [9.17, 15) is 9.59 Å². The van der Waals surface area contributed by atoms with Crippen molar-refractivity contribution in [1.29, 1.82) is 0 Å². The quantitative estimate of drug-likeness (QED) is 0.441. The van der Waals surface area contributed by atoms with Crippen molar-refractivity contribution in [2.45, 2.75) is 27.1 Å². The summed E-state index contributed by atoms with van der Waals surface area (Å²) in [6.45, 7) is 4.15. The molecule has 4 aromatic rings. The predicted octanol–water partition coefficient (Wildman–Crippen LogP) is 4.25. The van der Waals surface area contributed by atoms with Gasteiger partial charge in [-0.3, -0.25) is 9.20 Å². The van der Waals surface area contributed by atoms with Gasteiger partial charge in [0.15, 0.2) is 0 Å². The third kappa shape index (κ3) is 4.80. The van der Waals surface area contributed by atoms with Gasteiger partial charge in [-0.05, 0) is 43.2 Å². The van der Waals surface area contributed by atoms with Crippen molar-refractivity contribution in [3.05, 3.63) is 111 Å². The zero-order valence-corrected chi connectivity index (χ0v) is 17.4. The van der Waals surface area contributed by atoms with Crippen molar-refractivity contribution in [2.24, 2.45) is 0 Å². The minimum Gasteiger partial charge on any atom is -0.488 e. The van der Waals surface area contributed by atoms with Gasteiger partial charge >= 0.3 is 5.97 Å². The molecule has 2 aromatic heterocycles. The van der Waals surface area contributed by atoms with Crippen LogP contribution in [0.1, 0.15) is 32.7 Å². The molecule has 0 bridgehead atoms. The van der Waals surface area contributed by atoms with Gasteiger partial charge in [0, 0.05) is 12.3 Å². The van der Waals surface area contributed by atoms with Crippen LogP contribution in [0, 0.1) is 13.8 Å². The van der Waals surface area contributed by atoms with E-state index in [1.54, 1.807) is 36.5 Å². The fraction of sp³-hybridized carbons (Fsp3) is 0.160. The van der Waals surface area contributed by atoms with E-state index in [1.165, 1.54) is 10.5 Å². The van der Waals surface area contributed by atoms with Crippen molar-refractivity contribution in [3.8, 4) is 5.75 Å². The Labute approximate surface area is 179 Å². The van der Waals surface area contributed by atoms with E-state index in [2.05, 4.69) is 4.98 Å². The highest BCUT2D eigenvalue weighted by molar-refractivity contribution is 5.92. The molecule has 0 aliphatic heterocycles. The van der Waals surface area contributed by atoms with Crippen molar-refractivity contribution in [3.63, 3.8) is 0 Å². The number of hydrogen-bond donors (Lipinski definition) is 0. The number of nitrogens with zero attached hydrogens (tertiary/aromatic N) is 2. The maximum Gasteiger partial charge on any atom is 0.342 e. The maximum absolute atomic E-state index is 12.7. The second-order valence-corrected chi connectivity index (χ2v) is 7.37. The second-order valence-electron chi connectivity index (χ2n) is 7.37. The Balaban J connectivity index is 1.47. The van der Waals surface area contributed by atoms with Crippen molar-refractivity contribution >= 4 is 11.6 Å². The summed E-state index contributed by atoms with van der Waals surface area (Å²) in [5.41, 5.74) is 4.11. The lowest BCUT2D eigenvalue weighted by Crippen LogP contribution is -2.17. The van der Waals surface area contributed by atoms with Gasteiger partial charge in [0.05, 0.1) is 5.69 Å².